The first-order valence-electron chi connectivity index (χ1n) is 7.41. The van der Waals surface area contributed by atoms with Gasteiger partial charge in [-0.25, -0.2) is 0 Å². The molecule has 1 aliphatic carbocycles. The highest BCUT2D eigenvalue weighted by Crippen LogP contribution is 2.39. The van der Waals surface area contributed by atoms with Crippen LogP contribution in [0.15, 0.2) is 18.2 Å². The standard InChI is InChI=1S/C17H27N/c1-5-18-17(15-7-6-12(2)9-15)16-10-13(3)8-14(4)11-16/h8,10-12,15,17-18H,5-7,9H2,1-4H3. The molecule has 3 atom stereocenters. The second-order valence-corrected chi connectivity index (χ2v) is 6.13. The van der Waals surface area contributed by atoms with Crippen LogP contribution in [-0.4, -0.2) is 6.54 Å². The summed E-state index contributed by atoms with van der Waals surface area (Å²) in [5.41, 5.74) is 4.27. The molecule has 2 rings (SSSR count). The molecule has 0 amide bonds. The molecule has 18 heavy (non-hydrogen) atoms. The van der Waals surface area contributed by atoms with Crippen molar-refractivity contribution in [2.45, 2.75) is 53.0 Å². The van der Waals surface area contributed by atoms with Gasteiger partial charge in [0.2, 0.25) is 0 Å². The first kappa shape index (κ1) is 13.6. The average Bonchev–Trinajstić information content (AvgIpc) is 2.71. The van der Waals surface area contributed by atoms with Gasteiger partial charge in [-0.05, 0) is 50.6 Å². The molecule has 0 spiro atoms. The minimum Gasteiger partial charge on any atom is -0.310 e. The van der Waals surface area contributed by atoms with Crippen molar-refractivity contribution >= 4 is 0 Å². The monoisotopic (exact) mass is 245 g/mol. The van der Waals surface area contributed by atoms with Crippen molar-refractivity contribution in [3.63, 3.8) is 0 Å². The molecular weight excluding hydrogens is 218 g/mol. The van der Waals surface area contributed by atoms with Gasteiger partial charge in [-0.3, -0.25) is 0 Å². The van der Waals surface area contributed by atoms with Crippen molar-refractivity contribution in [1.82, 2.24) is 5.32 Å². The van der Waals surface area contributed by atoms with Crippen molar-refractivity contribution in [2.75, 3.05) is 6.54 Å². The van der Waals surface area contributed by atoms with Crippen LogP contribution in [0.25, 0.3) is 0 Å². The number of hydrogen-bond acceptors (Lipinski definition) is 1. The second-order valence-electron chi connectivity index (χ2n) is 6.13. The maximum atomic E-state index is 3.72. The molecule has 1 N–H and O–H groups in total. The lowest BCUT2D eigenvalue weighted by Crippen LogP contribution is -2.27. The van der Waals surface area contributed by atoms with E-state index in [0.717, 1.165) is 18.4 Å². The fourth-order valence-corrected chi connectivity index (χ4v) is 3.52. The zero-order valence-electron chi connectivity index (χ0n) is 12.3. The molecule has 100 valence electrons. The lowest BCUT2D eigenvalue weighted by molar-refractivity contribution is 0.365. The third-order valence-electron chi connectivity index (χ3n) is 4.23. The van der Waals surface area contributed by atoms with E-state index in [2.05, 4.69) is 51.2 Å². The SMILES string of the molecule is CCNC(c1cc(C)cc(C)c1)C1CCC(C)C1. The zero-order valence-corrected chi connectivity index (χ0v) is 12.3. The molecule has 1 aromatic carbocycles. The van der Waals surface area contributed by atoms with Crippen LogP contribution in [0.2, 0.25) is 0 Å². The van der Waals surface area contributed by atoms with Gasteiger partial charge in [0.05, 0.1) is 0 Å². The number of rotatable bonds is 4. The largest absolute Gasteiger partial charge is 0.310 e. The van der Waals surface area contributed by atoms with Crippen LogP contribution in [0.1, 0.15) is 55.8 Å². The van der Waals surface area contributed by atoms with Crippen molar-refractivity contribution in [3.05, 3.63) is 34.9 Å². The van der Waals surface area contributed by atoms with E-state index in [1.807, 2.05) is 0 Å². The topological polar surface area (TPSA) is 12.0 Å². The third-order valence-corrected chi connectivity index (χ3v) is 4.23. The molecule has 0 bridgehead atoms. The zero-order chi connectivity index (χ0) is 13.1. The van der Waals surface area contributed by atoms with Crippen LogP contribution < -0.4 is 5.32 Å². The summed E-state index contributed by atoms with van der Waals surface area (Å²) in [6.07, 6.45) is 4.16. The molecule has 1 heteroatoms. The predicted molar refractivity (Wildman–Crippen MR) is 78.8 cm³/mol. The van der Waals surface area contributed by atoms with Crippen LogP contribution in [0.5, 0.6) is 0 Å². The van der Waals surface area contributed by atoms with Crippen LogP contribution in [0.4, 0.5) is 0 Å². The van der Waals surface area contributed by atoms with Gasteiger partial charge >= 0.3 is 0 Å². The Morgan fingerprint density at radius 2 is 1.83 bits per heavy atom. The third kappa shape index (κ3) is 3.14. The summed E-state index contributed by atoms with van der Waals surface area (Å²) in [4.78, 5) is 0. The fourth-order valence-electron chi connectivity index (χ4n) is 3.52. The Hall–Kier alpha value is -0.820. The van der Waals surface area contributed by atoms with Gasteiger partial charge in [0.25, 0.3) is 0 Å². The highest BCUT2D eigenvalue weighted by atomic mass is 14.9. The molecule has 1 aromatic rings. The Labute approximate surface area is 112 Å². The molecule has 1 nitrogen and oxygen atoms in total. The Morgan fingerprint density at radius 1 is 1.17 bits per heavy atom. The molecule has 3 unspecified atom stereocenters. The fraction of sp³-hybridized carbons (Fsp3) is 0.647. The lowest BCUT2D eigenvalue weighted by Gasteiger charge is -2.26. The van der Waals surface area contributed by atoms with E-state index in [0.29, 0.717) is 6.04 Å². The minimum absolute atomic E-state index is 0.554. The van der Waals surface area contributed by atoms with Gasteiger partial charge < -0.3 is 5.32 Å². The molecule has 0 aromatic heterocycles. The Kier molecular flexibility index (Phi) is 4.45. The van der Waals surface area contributed by atoms with Crippen LogP contribution in [0.3, 0.4) is 0 Å². The molecule has 1 saturated carbocycles. The first-order chi connectivity index (χ1) is 8.60. The van der Waals surface area contributed by atoms with Gasteiger partial charge in [-0.15, -0.1) is 0 Å². The summed E-state index contributed by atoms with van der Waals surface area (Å²) in [6, 6.07) is 7.55. The van der Waals surface area contributed by atoms with Crippen molar-refractivity contribution in [3.8, 4) is 0 Å². The van der Waals surface area contributed by atoms with Crippen molar-refractivity contribution in [1.29, 1.82) is 0 Å². The molecule has 0 heterocycles. The highest BCUT2D eigenvalue weighted by molar-refractivity contribution is 5.31. The van der Waals surface area contributed by atoms with E-state index >= 15 is 0 Å². The summed E-state index contributed by atoms with van der Waals surface area (Å²) in [6.45, 7) is 10.1. The number of hydrogen-bond donors (Lipinski definition) is 1. The summed E-state index contributed by atoms with van der Waals surface area (Å²) < 4.78 is 0. The van der Waals surface area contributed by atoms with E-state index < -0.39 is 0 Å². The van der Waals surface area contributed by atoms with Crippen LogP contribution >= 0.6 is 0 Å². The molecule has 0 radical (unpaired) electrons. The van der Waals surface area contributed by atoms with Crippen molar-refractivity contribution < 1.29 is 0 Å². The predicted octanol–water partition coefficient (Wildman–Crippen LogP) is 4.39. The number of nitrogens with one attached hydrogen (secondary N) is 1. The van der Waals surface area contributed by atoms with Gasteiger partial charge in [0.1, 0.15) is 0 Å². The van der Waals surface area contributed by atoms with Gasteiger partial charge in [0.15, 0.2) is 0 Å². The number of aryl methyl sites for hydroxylation is 2. The van der Waals surface area contributed by atoms with E-state index in [4.69, 9.17) is 0 Å². The highest BCUT2D eigenvalue weighted by Gasteiger charge is 2.29. The van der Waals surface area contributed by atoms with E-state index in [1.54, 1.807) is 0 Å². The summed E-state index contributed by atoms with van der Waals surface area (Å²) in [5.74, 6) is 1.73. The average molecular weight is 245 g/mol. The Bertz CT molecular complexity index is 376. The van der Waals surface area contributed by atoms with E-state index in [1.165, 1.54) is 36.0 Å². The second kappa shape index (κ2) is 5.88. The summed E-state index contributed by atoms with van der Waals surface area (Å²) >= 11 is 0. The maximum absolute atomic E-state index is 3.72. The van der Waals surface area contributed by atoms with E-state index in [-0.39, 0.29) is 0 Å². The normalized spacial score (nSPS) is 25.3. The Balaban J connectivity index is 2.23. The first-order valence-corrected chi connectivity index (χ1v) is 7.41. The molecule has 1 aliphatic rings. The minimum atomic E-state index is 0.554. The molecule has 0 saturated heterocycles. The van der Waals surface area contributed by atoms with Crippen LogP contribution in [0, 0.1) is 25.7 Å². The van der Waals surface area contributed by atoms with E-state index in [9.17, 15) is 0 Å². The van der Waals surface area contributed by atoms with Gasteiger partial charge in [-0.1, -0.05) is 49.6 Å². The smallest absolute Gasteiger partial charge is 0.0348 e. The summed E-state index contributed by atoms with van der Waals surface area (Å²) in [5, 5.41) is 3.72. The Morgan fingerprint density at radius 3 is 2.33 bits per heavy atom. The number of benzene rings is 1. The van der Waals surface area contributed by atoms with Gasteiger partial charge in [-0.2, -0.15) is 0 Å². The van der Waals surface area contributed by atoms with Crippen LogP contribution in [-0.2, 0) is 0 Å². The maximum Gasteiger partial charge on any atom is 0.0348 e. The molecule has 1 fully saturated rings. The van der Waals surface area contributed by atoms with Gasteiger partial charge in [0, 0.05) is 6.04 Å². The quantitative estimate of drug-likeness (QED) is 0.829. The molecular formula is C17H27N. The lowest BCUT2D eigenvalue weighted by atomic mass is 9.89. The van der Waals surface area contributed by atoms with Crippen molar-refractivity contribution in [2.24, 2.45) is 11.8 Å². The molecule has 0 aliphatic heterocycles. The summed E-state index contributed by atoms with van der Waals surface area (Å²) in [7, 11) is 0.